The normalized spacial score (nSPS) is 10.1. The second-order valence-electron chi connectivity index (χ2n) is 3.81. The molecule has 2 aromatic rings. The number of benzene rings is 1. The molecule has 0 saturated heterocycles. The highest BCUT2D eigenvalue weighted by molar-refractivity contribution is 6.58. The Morgan fingerprint density at radius 2 is 1.84 bits per heavy atom. The van der Waals surface area contributed by atoms with Crippen molar-refractivity contribution < 1.29 is 19.2 Å². The van der Waals surface area contributed by atoms with Gasteiger partial charge in [0, 0.05) is 5.56 Å². The second-order valence-corrected chi connectivity index (χ2v) is 3.81. The predicted molar refractivity (Wildman–Crippen MR) is 68.4 cm³/mol. The van der Waals surface area contributed by atoms with E-state index in [1.165, 1.54) is 36.4 Å². The van der Waals surface area contributed by atoms with Gasteiger partial charge in [0.15, 0.2) is 0 Å². The molecule has 7 heteroatoms. The Morgan fingerprint density at radius 3 is 2.37 bits per heavy atom. The Kier molecular flexibility index (Phi) is 3.89. The van der Waals surface area contributed by atoms with Crippen LogP contribution in [0, 0.1) is 5.82 Å². The van der Waals surface area contributed by atoms with Crippen molar-refractivity contribution in [3.05, 3.63) is 54.0 Å². The number of rotatable bonds is 3. The van der Waals surface area contributed by atoms with Crippen LogP contribution >= 0.6 is 0 Å². The van der Waals surface area contributed by atoms with Gasteiger partial charge >= 0.3 is 7.12 Å². The largest absolute Gasteiger partial charge is 0.488 e. The maximum absolute atomic E-state index is 12.6. The fourth-order valence-corrected chi connectivity index (χ4v) is 1.44. The highest BCUT2D eigenvalue weighted by atomic mass is 19.1. The summed E-state index contributed by atoms with van der Waals surface area (Å²) in [6.07, 6.45) is 1.00. The van der Waals surface area contributed by atoms with E-state index in [-0.39, 0.29) is 11.3 Å². The van der Waals surface area contributed by atoms with Crippen LogP contribution in [0.3, 0.4) is 0 Å². The van der Waals surface area contributed by atoms with E-state index in [1.54, 1.807) is 0 Å². The molecule has 2 rings (SSSR count). The summed E-state index contributed by atoms with van der Waals surface area (Å²) in [5.41, 5.74) is 0.618. The lowest BCUT2D eigenvalue weighted by Crippen LogP contribution is -2.29. The van der Waals surface area contributed by atoms with Crippen molar-refractivity contribution in [3.8, 4) is 0 Å². The molecule has 0 aliphatic heterocycles. The molecule has 0 saturated carbocycles. The molecule has 0 radical (unpaired) electrons. The summed E-state index contributed by atoms with van der Waals surface area (Å²) in [5, 5.41) is 20.3. The molecule has 0 unspecified atom stereocenters. The molecule has 0 atom stereocenters. The average molecular weight is 260 g/mol. The van der Waals surface area contributed by atoms with Gasteiger partial charge in [-0.1, -0.05) is 12.1 Å². The van der Waals surface area contributed by atoms with Crippen molar-refractivity contribution in [2.45, 2.75) is 0 Å². The first kappa shape index (κ1) is 13.2. The lowest BCUT2D eigenvalue weighted by molar-refractivity contribution is 0.102. The van der Waals surface area contributed by atoms with E-state index in [0.29, 0.717) is 5.56 Å². The van der Waals surface area contributed by atoms with Gasteiger partial charge in [0.1, 0.15) is 11.6 Å². The van der Waals surface area contributed by atoms with Gasteiger partial charge in [-0.05, 0) is 29.7 Å². The topological polar surface area (TPSA) is 82.5 Å². The molecule has 19 heavy (non-hydrogen) atoms. The van der Waals surface area contributed by atoms with E-state index in [2.05, 4.69) is 10.3 Å². The fourth-order valence-electron chi connectivity index (χ4n) is 1.44. The van der Waals surface area contributed by atoms with Gasteiger partial charge in [-0.25, -0.2) is 9.37 Å². The summed E-state index contributed by atoms with van der Waals surface area (Å²) in [6, 6.07) is 8.30. The third kappa shape index (κ3) is 3.37. The van der Waals surface area contributed by atoms with Crippen LogP contribution in [-0.4, -0.2) is 28.1 Å². The number of amides is 1. The van der Waals surface area contributed by atoms with Gasteiger partial charge in [0.05, 0.1) is 6.20 Å². The van der Waals surface area contributed by atoms with Crippen molar-refractivity contribution in [3.63, 3.8) is 0 Å². The summed E-state index contributed by atoms with van der Waals surface area (Å²) in [6.45, 7) is 0. The number of carbonyl (C=O) groups excluding carboxylic acids is 1. The summed E-state index contributed by atoms with van der Waals surface area (Å²) in [7, 11) is -1.57. The molecular formula is C12H10BFN2O3. The molecular weight excluding hydrogens is 250 g/mol. The minimum atomic E-state index is -1.57. The Morgan fingerprint density at radius 1 is 1.16 bits per heavy atom. The summed E-state index contributed by atoms with van der Waals surface area (Å²) in [4.78, 5) is 15.5. The summed E-state index contributed by atoms with van der Waals surface area (Å²) >= 11 is 0. The Hall–Kier alpha value is -2.25. The van der Waals surface area contributed by atoms with Crippen molar-refractivity contribution in [2.24, 2.45) is 0 Å². The number of halogens is 1. The number of nitrogens with zero attached hydrogens (tertiary/aromatic N) is 1. The van der Waals surface area contributed by atoms with E-state index in [9.17, 15) is 9.18 Å². The SMILES string of the molecule is O=C(Nc1ccc(F)cn1)c1ccc(B(O)O)cc1. The Balaban J connectivity index is 2.09. The number of hydrogen-bond donors (Lipinski definition) is 3. The number of carbonyl (C=O) groups is 1. The standard InChI is InChI=1S/C12H10BFN2O3/c14-10-5-6-11(15-7-10)16-12(17)8-1-3-9(4-2-8)13(18)19/h1-7,18-19H,(H,15,16,17). The predicted octanol–water partition coefficient (Wildman–Crippen LogP) is 0.153. The molecule has 1 amide bonds. The van der Waals surface area contributed by atoms with Crippen LogP contribution in [0.2, 0.25) is 0 Å². The molecule has 96 valence electrons. The third-order valence-corrected chi connectivity index (χ3v) is 2.44. The molecule has 0 fully saturated rings. The van der Waals surface area contributed by atoms with Gasteiger partial charge in [0.25, 0.3) is 5.91 Å². The molecule has 1 heterocycles. The minimum absolute atomic E-state index is 0.234. The smallest absolute Gasteiger partial charge is 0.423 e. The Labute approximate surface area is 108 Å². The van der Waals surface area contributed by atoms with Crippen LogP contribution in [0.15, 0.2) is 42.6 Å². The first-order valence-corrected chi connectivity index (χ1v) is 5.45. The van der Waals surface area contributed by atoms with Crippen LogP contribution in [0.1, 0.15) is 10.4 Å². The van der Waals surface area contributed by atoms with Gasteiger partial charge in [0.2, 0.25) is 0 Å². The second kappa shape index (κ2) is 5.60. The van der Waals surface area contributed by atoms with E-state index in [0.717, 1.165) is 6.20 Å². The van der Waals surface area contributed by atoms with Gasteiger partial charge < -0.3 is 15.4 Å². The lowest BCUT2D eigenvalue weighted by atomic mass is 9.80. The molecule has 1 aromatic carbocycles. The van der Waals surface area contributed by atoms with Gasteiger partial charge in [-0.3, -0.25) is 4.79 Å². The average Bonchev–Trinajstić information content (AvgIpc) is 2.41. The van der Waals surface area contributed by atoms with Crippen LogP contribution in [0.25, 0.3) is 0 Å². The summed E-state index contributed by atoms with van der Waals surface area (Å²) in [5.74, 6) is -0.671. The molecule has 0 bridgehead atoms. The number of nitrogens with one attached hydrogen (secondary N) is 1. The van der Waals surface area contributed by atoms with E-state index < -0.39 is 18.8 Å². The highest BCUT2D eigenvalue weighted by Gasteiger charge is 2.12. The zero-order chi connectivity index (χ0) is 13.8. The van der Waals surface area contributed by atoms with Crippen molar-refractivity contribution >= 4 is 24.3 Å². The monoisotopic (exact) mass is 260 g/mol. The molecule has 5 nitrogen and oxygen atoms in total. The number of pyridine rings is 1. The van der Waals surface area contributed by atoms with Crippen molar-refractivity contribution in [1.82, 2.24) is 4.98 Å². The third-order valence-electron chi connectivity index (χ3n) is 2.44. The summed E-state index contributed by atoms with van der Waals surface area (Å²) < 4.78 is 12.6. The lowest BCUT2D eigenvalue weighted by Gasteiger charge is -2.05. The maximum Gasteiger partial charge on any atom is 0.488 e. The van der Waals surface area contributed by atoms with Gasteiger partial charge in [-0.15, -0.1) is 0 Å². The zero-order valence-electron chi connectivity index (χ0n) is 9.75. The van der Waals surface area contributed by atoms with Crippen LogP contribution in [0.4, 0.5) is 10.2 Å². The van der Waals surface area contributed by atoms with Crippen molar-refractivity contribution in [1.29, 1.82) is 0 Å². The Bertz CT molecular complexity index is 573. The minimum Gasteiger partial charge on any atom is -0.423 e. The molecule has 0 spiro atoms. The van der Waals surface area contributed by atoms with E-state index in [1.807, 2.05) is 0 Å². The van der Waals surface area contributed by atoms with Crippen LogP contribution in [-0.2, 0) is 0 Å². The van der Waals surface area contributed by atoms with Crippen LogP contribution in [0.5, 0.6) is 0 Å². The van der Waals surface area contributed by atoms with Crippen molar-refractivity contribution in [2.75, 3.05) is 5.32 Å². The fraction of sp³-hybridized carbons (Fsp3) is 0. The highest BCUT2D eigenvalue weighted by Crippen LogP contribution is 2.06. The quantitative estimate of drug-likeness (QED) is 0.686. The number of hydrogen-bond acceptors (Lipinski definition) is 4. The van der Waals surface area contributed by atoms with Gasteiger partial charge in [-0.2, -0.15) is 0 Å². The molecule has 0 aliphatic carbocycles. The molecule has 0 aliphatic rings. The number of anilines is 1. The van der Waals surface area contributed by atoms with E-state index >= 15 is 0 Å². The van der Waals surface area contributed by atoms with Crippen LogP contribution < -0.4 is 10.8 Å². The first-order valence-electron chi connectivity index (χ1n) is 5.45. The molecule has 1 aromatic heterocycles. The maximum atomic E-state index is 12.6. The first-order chi connectivity index (χ1) is 9.06. The number of aromatic nitrogens is 1. The molecule has 3 N–H and O–H groups in total. The zero-order valence-corrected chi connectivity index (χ0v) is 9.75. The van der Waals surface area contributed by atoms with E-state index in [4.69, 9.17) is 10.0 Å².